The number of methoxy groups -OCH3 is 1. The molecule has 1 saturated heterocycles. The Morgan fingerprint density at radius 3 is 2.42 bits per heavy atom. The minimum Gasteiger partial charge on any atom is -0.497 e. The average Bonchev–Trinajstić information content (AvgIpc) is 3.39. The summed E-state index contributed by atoms with van der Waals surface area (Å²) in [6.45, 7) is 11.6. The number of amides is 1. The van der Waals surface area contributed by atoms with Crippen LogP contribution in [0.4, 0.5) is 0 Å². The van der Waals surface area contributed by atoms with Gasteiger partial charge in [0.2, 0.25) is 5.91 Å². The first-order valence-electron chi connectivity index (χ1n) is 13.7. The fourth-order valence-corrected chi connectivity index (χ4v) is 7.71. The molecule has 2 aliphatic rings. The Labute approximate surface area is 271 Å². The Balaban J connectivity index is 1.54. The number of halogens is 1. The van der Waals surface area contributed by atoms with Crippen LogP contribution in [0, 0.1) is 18.3 Å². The van der Waals surface area contributed by atoms with Crippen LogP contribution >= 0.6 is 33.9 Å². The van der Waals surface area contributed by atoms with Crippen LogP contribution in [0.2, 0.25) is 0 Å². The molecule has 0 aliphatic carbocycles. The van der Waals surface area contributed by atoms with Crippen molar-refractivity contribution < 1.29 is 32.9 Å². The summed E-state index contributed by atoms with van der Waals surface area (Å²) in [6.07, 6.45) is -0.242. The zero-order chi connectivity index (χ0) is 31.7. The van der Waals surface area contributed by atoms with Crippen LogP contribution in [0.15, 0.2) is 46.1 Å². The Morgan fingerprint density at radius 2 is 1.86 bits per heavy atom. The molecule has 0 N–H and O–H groups in total. The molecule has 4 rings (SSSR count). The third-order valence-corrected chi connectivity index (χ3v) is 11.3. The van der Waals surface area contributed by atoms with Gasteiger partial charge in [0, 0.05) is 38.2 Å². The van der Waals surface area contributed by atoms with Gasteiger partial charge in [-0.15, -0.1) is 11.3 Å². The quantitative estimate of drug-likeness (QED) is 0.0793. The molecule has 1 aromatic carbocycles. The number of oxime groups is 1. The second-order valence-electron chi connectivity index (χ2n) is 11.9. The molecule has 1 fully saturated rings. The fraction of sp³-hybridized carbons (Fsp3) is 0.500. The third-order valence-electron chi connectivity index (χ3n) is 7.90. The van der Waals surface area contributed by atoms with Crippen LogP contribution < -0.4 is 4.74 Å². The number of ketones is 1. The number of thiazole rings is 1. The van der Waals surface area contributed by atoms with Gasteiger partial charge in [0.15, 0.2) is 11.5 Å². The van der Waals surface area contributed by atoms with Crippen molar-refractivity contribution in [2.24, 2.45) is 16.5 Å². The fourth-order valence-electron chi connectivity index (χ4n) is 4.34. The molecule has 2 aliphatic heterocycles. The molecule has 0 saturated carbocycles. The Hall–Kier alpha value is -2.65. The van der Waals surface area contributed by atoms with Crippen LogP contribution in [0.1, 0.15) is 57.3 Å². The topological polar surface area (TPSA) is 124 Å². The van der Waals surface area contributed by atoms with Crippen LogP contribution in [-0.2, 0) is 41.4 Å². The second-order valence-corrected chi connectivity index (χ2v) is 15.3. The Bertz CT molecular complexity index is 1490. The molecular weight excluding hydrogens is 705 g/mol. The lowest BCUT2D eigenvalue weighted by molar-refractivity contribution is -0.156. The van der Waals surface area contributed by atoms with Gasteiger partial charge in [0.1, 0.15) is 34.7 Å². The lowest BCUT2D eigenvalue weighted by atomic mass is 9.79. The van der Waals surface area contributed by atoms with E-state index in [1.807, 2.05) is 41.5 Å². The maximum atomic E-state index is 13.7. The van der Waals surface area contributed by atoms with E-state index in [-0.39, 0.29) is 35.6 Å². The van der Waals surface area contributed by atoms with Crippen LogP contribution in [0.5, 0.6) is 5.75 Å². The number of hydrogen-bond acceptors (Lipinski definition) is 10. The van der Waals surface area contributed by atoms with E-state index < -0.39 is 45.4 Å². The summed E-state index contributed by atoms with van der Waals surface area (Å²) in [5, 5.41) is 5.90. The number of benzene rings is 1. The summed E-state index contributed by atoms with van der Waals surface area (Å²) in [5.74, 6) is -1.65. The smallest absolute Gasteiger partial charge is 0.355 e. The number of β-lactam (4-membered cyclic amide) rings is 1. The second kappa shape index (κ2) is 13.1. The van der Waals surface area contributed by atoms with Crippen molar-refractivity contribution >= 4 is 68.1 Å². The number of alkyl halides is 1. The van der Waals surface area contributed by atoms with E-state index in [0.29, 0.717) is 21.4 Å². The first kappa shape index (κ1) is 33.2. The molecule has 2 aromatic rings. The number of esters is 1. The number of rotatable bonds is 11. The number of carbonyl (C=O) groups excluding carboxylic acids is 3. The lowest BCUT2D eigenvalue weighted by Gasteiger charge is -2.49. The van der Waals surface area contributed by atoms with E-state index in [1.165, 1.54) is 16.2 Å². The summed E-state index contributed by atoms with van der Waals surface area (Å²) in [7, 11) is 0.0604. The Kier molecular flexibility index (Phi) is 10.2. The number of aromatic nitrogens is 1. The van der Waals surface area contributed by atoms with E-state index in [0.717, 1.165) is 10.6 Å². The van der Waals surface area contributed by atoms with E-state index in [4.69, 9.17) is 14.3 Å². The highest BCUT2D eigenvalue weighted by molar-refractivity contribution is 14.1. The van der Waals surface area contributed by atoms with E-state index in [2.05, 4.69) is 32.7 Å². The van der Waals surface area contributed by atoms with Gasteiger partial charge in [-0.05, 0) is 44.0 Å². The lowest BCUT2D eigenvalue weighted by Crippen LogP contribution is -2.66. The third kappa shape index (κ3) is 7.03. The van der Waals surface area contributed by atoms with Gasteiger partial charge < -0.3 is 14.3 Å². The van der Waals surface area contributed by atoms with Crippen molar-refractivity contribution in [3.63, 3.8) is 0 Å². The van der Waals surface area contributed by atoms with Crippen molar-refractivity contribution in [3.05, 3.63) is 57.2 Å². The molecule has 3 heterocycles. The molecule has 10 nitrogen and oxygen atoms in total. The molecule has 13 heteroatoms. The van der Waals surface area contributed by atoms with Crippen LogP contribution in [0.25, 0.3) is 0 Å². The van der Waals surface area contributed by atoms with Gasteiger partial charge in [-0.1, -0.05) is 60.7 Å². The molecule has 0 radical (unpaired) electrons. The first-order chi connectivity index (χ1) is 20.2. The van der Waals surface area contributed by atoms with Crippen LogP contribution in [-0.4, -0.2) is 65.7 Å². The number of carbonyl (C=O) groups is 3. The van der Waals surface area contributed by atoms with E-state index in [1.54, 1.807) is 36.8 Å². The molecule has 1 unspecified atom stereocenters. The predicted octanol–water partition coefficient (Wildman–Crippen LogP) is 4.94. The summed E-state index contributed by atoms with van der Waals surface area (Å²) in [5.41, 5.74) is 0.817. The van der Waals surface area contributed by atoms with Crippen molar-refractivity contribution in [3.8, 4) is 5.75 Å². The Morgan fingerprint density at radius 1 is 1.19 bits per heavy atom. The number of fused-ring (bicyclic) bond motifs is 1. The molecule has 1 aromatic heterocycles. The number of aryl methyl sites for hydroxylation is 1. The highest BCUT2D eigenvalue weighted by atomic mass is 127. The van der Waals surface area contributed by atoms with Gasteiger partial charge in [-0.25, -0.2) is 9.78 Å². The van der Waals surface area contributed by atoms with Crippen molar-refractivity contribution in [2.45, 2.75) is 65.5 Å². The predicted molar refractivity (Wildman–Crippen MR) is 173 cm³/mol. The van der Waals surface area contributed by atoms with Crippen molar-refractivity contribution in [1.82, 2.24) is 9.88 Å². The highest BCUT2D eigenvalue weighted by Crippen LogP contribution is 2.41. The van der Waals surface area contributed by atoms with Gasteiger partial charge in [0.05, 0.1) is 18.0 Å². The largest absolute Gasteiger partial charge is 0.497 e. The van der Waals surface area contributed by atoms with Gasteiger partial charge in [0.25, 0.3) is 0 Å². The van der Waals surface area contributed by atoms with Gasteiger partial charge >= 0.3 is 5.97 Å². The molecule has 1 amide bonds. The maximum absolute atomic E-state index is 13.7. The highest BCUT2D eigenvalue weighted by Gasteiger charge is 2.57. The zero-order valence-electron chi connectivity index (χ0n) is 25.3. The number of ether oxygens (including phenoxy) is 2. The SMILES string of the molecule is COc1ccc(COC(=O)C2=C(CI)CS(=O)[C@@H]3[C@H](CC(=O)/C(=N\OC(C)(C)C(C)(C)C)c4csc(C)n4)C(=O)N23)cc1. The van der Waals surface area contributed by atoms with Gasteiger partial charge in [-0.3, -0.25) is 18.7 Å². The monoisotopic (exact) mass is 741 g/mol. The minimum absolute atomic E-state index is 0.00362. The average molecular weight is 742 g/mol. The normalized spacial score (nSPS) is 20.8. The molecule has 0 spiro atoms. The van der Waals surface area contributed by atoms with Crippen molar-refractivity contribution in [2.75, 3.05) is 17.3 Å². The summed E-state index contributed by atoms with van der Waals surface area (Å²) < 4.78 is 24.5. The standard InChI is InChI=1S/C30H36IN3O7S2/c1-17-32-22(15-42-17)24(33-41-30(5,6)29(2,3)4)23(35)12-21-26(36)34-25(19(13-31)16-43(38)27(21)34)28(37)40-14-18-8-10-20(39-7)11-9-18/h8-11,15,21,27H,12-14,16H2,1-7H3/b33-24-/t21-,27-,43?/m1/s1. The summed E-state index contributed by atoms with van der Waals surface area (Å²) in [4.78, 5) is 52.0. The summed E-state index contributed by atoms with van der Waals surface area (Å²) in [6, 6.07) is 7.09. The first-order valence-corrected chi connectivity index (χ1v) is 17.5. The molecule has 3 atom stereocenters. The molecular formula is C30H36IN3O7S2. The van der Waals surface area contributed by atoms with Crippen LogP contribution in [0.3, 0.4) is 0 Å². The number of Topliss-reactive ketones (excluding diaryl/α,β-unsaturated/α-hetero) is 1. The van der Waals surface area contributed by atoms with Gasteiger partial charge in [-0.2, -0.15) is 0 Å². The zero-order valence-corrected chi connectivity index (χ0v) is 29.1. The summed E-state index contributed by atoms with van der Waals surface area (Å²) >= 11 is 3.45. The molecule has 0 bridgehead atoms. The molecule has 43 heavy (non-hydrogen) atoms. The van der Waals surface area contributed by atoms with E-state index in [9.17, 15) is 18.6 Å². The van der Waals surface area contributed by atoms with Crippen molar-refractivity contribution in [1.29, 1.82) is 0 Å². The number of nitrogens with zero attached hydrogens (tertiary/aromatic N) is 3. The minimum atomic E-state index is -1.51. The maximum Gasteiger partial charge on any atom is 0.355 e. The van der Waals surface area contributed by atoms with E-state index >= 15 is 0 Å². The molecule has 232 valence electrons. The number of hydrogen-bond donors (Lipinski definition) is 0.